The highest BCUT2D eigenvalue weighted by molar-refractivity contribution is 5.32. The Morgan fingerprint density at radius 2 is 0.285 bits per heavy atom. The fraction of sp³-hybridized carbons (Fsp3) is 0.639. The van der Waals surface area contributed by atoms with Gasteiger partial charge in [0.15, 0.2) is 0 Å². The van der Waals surface area contributed by atoms with Gasteiger partial charge in [0.05, 0.1) is 26.4 Å². The van der Waals surface area contributed by atoms with E-state index in [1.165, 1.54) is 414 Å². The average molecular weight is 1780 g/mol. The molecule has 130 heavy (non-hydrogen) atoms. The summed E-state index contributed by atoms with van der Waals surface area (Å²) in [4.78, 5) is 18.8. The van der Waals surface area contributed by atoms with Gasteiger partial charge in [0.25, 0.3) is 0 Å². The van der Waals surface area contributed by atoms with Crippen LogP contribution in [-0.4, -0.2) is 46.4 Å². The van der Waals surface area contributed by atoms with Crippen LogP contribution in [0.25, 0.3) is 0 Å². The lowest BCUT2D eigenvalue weighted by Crippen LogP contribution is -1.98. The maximum absolute atomic E-state index is 5.92. The van der Waals surface area contributed by atoms with Crippen molar-refractivity contribution in [2.75, 3.05) is 26.4 Å². The molecule has 0 aliphatic rings. The number of pyridine rings is 4. The fourth-order valence-corrected chi connectivity index (χ4v) is 16.9. The van der Waals surface area contributed by atoms with Crippen LogP contribution >= 0.6 is 0 Å². The first-order valence-corrected chi connectivity index (χ1v) is 54.9. The molecular formula is C122H192N4O4. The molecule has 0 N–H and O–H groups in total. The van der Waals surface area contributed by atoms with Crippen molar-refractivity contribution in [3.63, 3.8) is 0 Å². The summed E-state index contributed by atoms with van der Waals surface area (Å²) in [6, 6.07) is 52.5. The molecule has 0 bridgehead atoms. The Balaban J connectivity index is 0.000000307. The number of aryl methyl sites for hydroxylation is 12. The first-order valence-electron chi connectivity index (χ1n) is 54.9. The Morgan fingerprint density at radius 1 is 0.138 bits per heavy atom. The molecule has 4 aromatic heterocycles. The molecular weight excluding hydrogens is 1590 g/mol. The van der Waals surface area contributed by atoms with Crippen molar-refractivity contribution in [3.05, 3.63) is 238 Å². The van der Waals surface area contributed by atoms with Crippen LogP contribution in [0.3, 0.4) is 0 Å². The topological polar surface area (TPSA) is 88.5 Å². The first-order chi connectivity index (χ1) is 64.3. The largest absolute Gasteiger partial charge is 0.494 e. The van der Waals surface area contributed by atoms with E-state index in [4.69, 9.17) is 38.9 Å². The van der Waals surface area contributed by atoms with E-state index in [0.29, 0.717) is 0 Å². The molecule has 8 heteroatoms. The zero-order valence-corrected chi connectivity index (χ0v) is 85.1. The van der Waals surface area contributed by atoms with Gasteiger partial charge in [-0.1, -0.05) is 424 Å². The van der Waals surface area contributed by atoms with Gasteiger partial charge in [-0.25, -0.2) is 0 Å². The molecule has 0 aliphatic carbocycles. The molecule has 0 spiro atoms. The van der Waals surface area contributed by atoms with Crippen LogP contribution < -0.4 is 18.9 Å². The van der Waals surface area contributed by atoms with Crippen LogP contribution in [0.5, 0.6) is 23.0 Å². The molecule has 8 rings (SSSR count). The van der Waals surface area contributed by atoms with Crippen LogP contribution in [0.1, 0.15) is 469 Å². The lowest BCUT2D eigenvalue weighted by Gasteiger charge is -2.08. The Kier molecular flexibility index (Phi) is 71.7. The minimum atomic E-state index is 0.828. The number of hydrogen-bond acceptors (Lipinski definition) is 8. The van der Waals surface area contributed by atoms with Crippen LogP contribution in [0.2, 0.25) is 0 Å². The highest BCUT2D eigenvalue weighted by Crippen LogP contribution is 2.24. The first kappa shape index (κ1) is 113. The monoisotopic (exact) mass is 1780 g/mol. The van der Waals surface area contributed by atoms with Gasteiger partial charge < -0.3 is 18.9 Å². The second-order valence-corrected chi connectivity index (χ2v) is 37.9. The summed E-state index contributed by atoms with van der Waals surface area (Å²) in [7, 11) is 0. The van der Waals surface area contributed by atoms with Gasteiger partial charge >= 0.3 is 0 Å². The lowest BCUT2D eigenvalue weighted by molar-refractivity contribution is 0.304. The van der Waals surface area contributed by atoms with E-state index in [-0.39, 0.29) is 0 Å². The summed E-state index contributed by atoms with van der Waals surface area (Å²) >= 11 is 0. The van der Waals surface area contributed by atoms with Gasteiger partial charge in [0.1, 0.15) is 23.0 Å². The van der Waals surface area contributed by atoms with E-state index in [0.717, 1.165) is 126 Å². The summed E-state index contributed by atoms with van der Waals surface area (Å²) in [5, 5.41) is 0. The van der Waals surface area contributed by atoms with Crippen LogP contribution in [0.4, 0.5) is 0 Å². The maximum atomic E-state index is 5.92. The van der Waals surface area contributed by atoms with Gasteiger partial charge in [0, 0.05) is 47.6 Å². The second-order valence-electron chi connectivity index (χ2n) is 37.9. The average Bonchev–Trinajstić information content (AvgIpc) is 0.900. The zero-order valence-electron chi connectivity index (χ0n) is 85.1. The van der Waals surface area contributed by atoms with Crippen molar-refractivity contribution in [1.29, 1.82) is 0 Å². The van der Waals surface area contributed by atoms with Gasteiger partial charge in [-0.2, -0.15) is 0 Å². The van der Waals surface area contributed by atoms with Crippen molar-refractivity contribution in [1.82, 2.24) is 19.9 Å². The van der Waals surface area contributed by atoms with Crippen molar-refractivity contribution in [2.45, 2.75) is 479 Å². The van der Waals surface area contributed by atoms with Crippen molar-refractivity contribution in [2.24, 2.45) is 0 Å². The lowest BCUT2D eigenvalue weighted by atomic mass is 10.0. The highest BCUT2D eigenvalue weighted by atomic mass is 16.5. The van der Waals surface area contributed by atoms with Crippen LogP contribution in [-0.2, 0) is 77.0 Å². The number of ether oxygens (including phenoxy) is 4. The molecule has 4 aromatic carbocycles. The van der Waals surface area contributed by atoms with E-state index >= 15 is 0 Å². The maximum Gasteiger partial charge on any atom is 0.119 e. The Morgan fingerprint density at radius 3 is 0.446 bits per heavy atom. The number of aromatic nitrogens is 4. The SMILES string of the molecule is CCCCCCCCCCc1ccc(CCc2ccc(OCCCCCC)cc2)nc1.CCCCCCCCCCc1ccc(CCc2ccc(OCCCCCCC)cc2)nc1.CCCCCCCCCCc1ccc(CCc2ccc(OCCCCCCCC)cc2)nc1.CCCCCCCCCCc1ccc(CCc2ccc(OCCCCCCCCC)cc2)nc1. The molecule has 0 aliphatic heterocycles. The number of hydrogen-bond donors (Lipinski definition) is 0. The summed E-state index contributed by atoms with van der Waals surface area (Å²) in [6.07, 6.45) is 93.6. The van der Waals surface area contributed by atoms with E-state index in [1.54, 1.807) is 0 Å². The van der Waals surface area contributed by atoms with Gasteiger partial charge in [-0.05, 0) is 246 Å². The molecule has 0 saturated carbocycles. The smallest absolute Gasteiger partial charge is 0.119 e. The van der Waals surface area contributed by atoms with E-state index in [9.17, 15) is 0 Å². The van der Waals surface area contributed by atoms with Crippen molar-refractivity contribution < 1.29 is 18.9 Å². The zero-order chi connectivity index (χ0) is 92.2. The number of nitrogens with zero attached hydrogens (tertiary/aromatic N) is 4. The Labute approximate surface area is 800 Å². The Hall–Kier alpha value is -7.32. The molecule has 0 radical (unpaired) electrons. The normalized spacial score (nSPS) is 11.1. The summed E-state index contributed by atoms with van der Waals surface area (Å²) in [5.41, 5.74) is 15.7. The van der Waals surface area contributed by atoms with Crippen molar-refractivity contribution >= 4 is 0 Å². The number of benzene rings is 4. The van der Waals surface area contributed by atoms with E-state index in [1.807, 2.05) is 0 Å². The van der Waals surface area contributed by atoms with Crippen LogP contribution in [0.15, 0.2) is 170 Å². The molecule has 8 nitrogen and oxygen atoms in total. The molecule has 0 atom stereocenters. The Bertz CT molecular complexity index is 3670. The molecule has 0 saturated heterocycles. The third-order valence-corrected chi connectivity index (χ3v) is 25.8. The number of rotatable bonds is 78. The van der Waals surface area contributed by atoms with E-state index in [2.05, 4.69) is 226 Å². The summed E-state index contributed by atoms with van der Waals surface area (Å²) < 4.78 is 23.5. The summed E-state index contributed by atoms with van der Waals surface area (Å²) in [5.74, 6) is 3.98. The number of unbranched alkanes of at least 4 members (excludes halogenated alkanes) is 46. The molecule has 0 fully saturated rings. The predicted octanol–water partition coefficient (Wildman–Crippen LogP) is 36.4. The standard InChI is InChI=1S/C32H51NO.C31H49NO.C30H47NO.C29H45NO/c1-3-5-7-9-11-12-14-16-18-30-20-24-31(33-28-30)23-19-29-21-25-32(26-22-29)34-27-17-15-13-10-8-6-4-2;1-3-5-7-9-11-12-13-15-17-29-19-23-30(32-27-29)22-18-28-20-24-31(25-21-28)33-26-16-14-10-8-6-4-2;1-3-5-7-9-10-11-12-14-16-28-18-22-29(31-26-28)21-17-27-19-23-30(24-20-27)32-25-15-13-8-6-4-2;1-3-5-7-9-10-11-12-13-15-27-17-21-28(30-25-27)20-16-26-18-22-29(23-19-26)31-24-14-8-6-4-2/h20-22,24-26,28H,3-19,23,27H2,1-2H3;19-21,23-25,27H,3-18,22,26H2,1-2H3;18-20,22-24,26H,3-17,21,25H2,1-2H3;17-19,21-23,25H,3-16,20,24H2,1-2H3. The molecule has 4 heterocycles. The predicted molar refractivity (Wildman–Crippen MR) is 564 cm³/mol. The van der Waals surface area contributed by atoms with Crippen LogP contribution in [0, 0.1) is 0 Å². The van der Waals surface area contributed by atoms with Gasteiger partial charge in [-0.3, -0.25) is 19.9 Å². The van der Waals surface area contributed by atoms with Gasteiger partial charge in [0.2, 0.25) is 0 Å². The molecule has 0 amide bonds. The third-order valence-electron chi connectivity index (χ3n) is 25.8. The second kappa shape index (κ2) is 82.4. The van der Waals surface area contributed by atoms with Gasteiger partial charge in [-0.15, -0.1) is 0 Å². The fourth-order valence-electron chi connectivity index (χ4n) is 16.9. The molecule has 0 unspecified atom stereocenters. The molecule has 8 aromatic rings. The highest BCUT2D eigenvalue weighted by Gasteiger charge is 2.09. The summed E-state index contributed by atoms with van der Waals surface area (Å²) in [6.45, 7) is 21.5. The minimum absolute atomic E-state index is 0.828. The minimum Gasteiger partial charge on any atom is -0.494 e. The third kappa shape index (κ3) is 62.2. The van der Waals surface area contributed by atoms with E-state index < -0.39 is 0 Å². The van der Waals surface area contributed by atoms with Crippen molar-refractivity contribution in [3.8, 4) is 23.0 Å². The molecule has 724 valence electrons. The quantitative estimate of drug-likeness (QED) is 0.0348.